The number of halogens is 1. The smallest absolute Gasteiger partial charge is 0.338 e. The minimum atomic E-state index is -0.838. The number of hydrogen-bond donors (Lipinski definition) is 2. The summed E-state index contributed by atoms with van der Waals surface area (Å²) in [5.41, 5.74) is 0.854. The van der Waals surface area contributed by atoms with Crippen LogP contribution < -0.4 is 14.4 Å². The van der Waals surface area contributed by atoms with E-state index in [9.17, 15) is 14.0 Å². The Morgan fingerprint density at radius 3 is 2.90 bits per heavy atom. The predicted molar refractivity (Wildman–Crippen MR) is 109 cm³/mol. The van der Waals surface area contributed by atoms with Crippen LogP contribution in [-0.4, -0.2) is 33.1 Å². The van der Waals surface area contributed by atoms with Gasteiger partial charge < -0.3 is 4.74 Å². The number of nitrogens with zero attached hydrogens (tertiary/aromatic N) is 4. The minimum Gasteiger partial charge on any atom is -0.491 e. The Balaban J connectivity index is 1.63. The van der Waals surface area contributed by atoms with Gasteiger partial charge in [0.2, 0.25) is 0 Å². The highest BCUT2D eigenvalue weighted by Gasteiger charge is 2.18. The van der Waals surface area contributed by atoms with Crippen molar-refractivity contribution in [2.24, 2.45) is 0 Å². The third-order valence-electron chi connectivity index (χ3n) is 4.09. The van der Waals surface area contributed by atoms with Gasteiger partial charge >= 0.3 is 6.03 Å². The molecule has 3 rings (SSSR count). The van der Waals surface area contributed by atoms with Crippen molar-refractivity contribution in [3.8, 4) is 5.75 Å². The molecule has 10 heteroatoms. The summed E-state index contributed by atoms with van der Waals surface area (Å²) in [5.74, 6) is -1.21. The van der Waals surface area contributed by atoms with E-state index in [4.69, 9.17) is 4.74 Å². The summed E-state index contributed by atoms with van der Waals surface area (Å²) in [6.07, 6.45) is 7.18. The number of thiol groups is 1. The number of nitrogens with one attached hydrogen (secondary N) is 1. The Kier molecular flexibility index (Phi) is 6.65. The van der Waals surface area contributed by atoms with Crippen molar-refractivity contribution in [3.05, 3.63) is 54.2 Å². The summed E-state index contributed by atoms with van der Waals surface area (Å²) in [5, 5.41) is 6.15. The lowest BCUT2D eigenvalue weighted by atomic mass is 10.2. The van der Waals surface area contributed by atoms with Crippen molar-refractivity contribution in [1.82, 2.24) is 19.9 Å². The molecule has 2 heterocycles. The van der Waals surface area contributed by atoms with Crippen molar-refractivity contribution in [3.63, 3.8) is 0 Å². The van der Waals surface area contributed by atoms with Crippen LogP contribution in [0.2, 0.25) is 0 Å². The average molecular weight is 417 g/mol. The van der Waals surface area contributed by atoms with Crippen LogP contribution in [0.1, 0.15) is 36.5 Å². The number of unbranched alkanes of at least 4 members (excludes halogenated alkanes) is 2. The highest BCUT2D eigenvalue weighted by Crippen LogP contribution is 2.25. The van der Waals surface area contributed by atoms with Gasteiger partial charge in [-0.3, -0.25) is 10.1 Å². The lowest BCUT2D eigenvalue weighted by Gasteiger charge is -2.17. The highest BCUT2D eigenvalue weighted by molar-refractivity contribution is 7.82. The molecule has 0 aliphatic carbocycles. The fourth-order valence-corrected chi connectivity index (χ4v) is 2.71. The molecule has 0 saturated carbocycles. The molecule has 0 unspecified atom stereocenters. The molecule has 8 nitrogen and oxygen atoms in total. The topological polar surface area (TPSA) is 88.8 Å². The number of anilines is 1. The normalized spacial score (nSPS) is 10.7. The molecule has 0 fully saturated rings. The van der Waals surface area contributed by atoms with Crippen molar-refractivity contribution in [1.29, 1.82) is 0 Å². The lowest BCUT2D eigenvalue weighted by Crippen LogP contribution is -2.38. The van der Waals surface area contributed by atoms with Crippen molar-refractivity contribution >= 4 is 36.1 Å². The average Bonchev–Trinajstić information content (AvgIpc) is 3.19. The second-order valence-electron chi connectivity index (χ2n) is 6.22. The third-order valence-corrected chi connectivity index (χ3v) is 4.50. The molecule has 0 radical (unpaired) electrons. The molecule has 0 saturated heterocycles. The van der Waals surface area contributed by atoms with E-state index < -0.39 is 17.8 Å². The number of aromatic nitrogens is 3. The molecule has 2 aromatic heterocycles. The Morgan fingerprint density at radius 2 is 2.14 bits per heavy atom. The standard InChI is InChI=1S/C19H20FN5O3S/c1-2-3-4-9-28-16-6-5-14(10-15(16)20)25(29)19(27)23-18(26)13-11-21-17-7-8-22-24(17)12-13/h5-8,10-12,29H,2-4,9H2,1H3,(H,23,26,27). The van der Waals surface area contributed by atoms with E-state index in [2.05, 4.69) is 35.1 Å². The van der Waals surface area contributed by atoms with Gasteiger partial charge in [0.05, 0.1) is 24.1 Å². The van der Waals surface area contributed by atoms with Crippen molar-refractivity contribution < 1.29 is 18.7 Å². The predicted octanol–water partition coefficient (Wildman–Crippen LogP) is 3.64. The van der Waals surface area contributed by atoms with E-state index >= 15 is 0 Å². The maximum absolute atomic E-state index is 14.2. The molecular weight excluding hydrogens is 397 g/mol. The van der Waals surface area contributed by atoms with Crippen LogP contribution in [0.3, 0.4) is 0 Å². The molecule has 29 heavy (non-hydrogen) atoms. The Morgan fingerprint density at radius 1 is 1.31 bits per heavy atom. The summed E-state index contributed by atoms with van der Waals surface area (Å²) in [7, 11) is 0. The van der Waals surface area contributed by atoms with E-state index in [1.54, 1.807) is 6.07 Å². The molecule has 0 aliphatic heterocycles. The molecule has 0 aliphatic rings. The van der Waals surface area contributed by atoms with E-state index in [1.165, 1.54) is 35.2 Å². The molecule has 1 N–H and O–H groups in total. The fourth-order valence-electron chi connectivity index (χ4n) is 2.54. The number of amides is 3. The molecule has 0 spiro atoms. The quantitative estimate of drug-likeness (QED) is 0.453. The molecular formula is C19H20FN5O3S. The Labute approximate surface area is 172 Å². The number of benzene rings is 1. The van der Waals surface area contributed by atoms with Crippen molar-refractivity contribution in [2.75, 3.05) is 10.9 Å². The number of imide groups is 1. The minimum absolute atomic E-state index is 0.0988. The molecule has 1 aromatic carbocycles. The number of carbonyl (C=O) groups is 2. The molecule has 0 bridgehead atoms. The highest BCUT2D eigenvalue weighted by atomic mass is 32.1. The van der Waals surface area contributed by atoms with E-state index in [0.29, 0.717) is 12.3 Å². The number of fused-ring (bicyclic) bond motifs is 1. The van der Waals surface area contributed by atoms with E-state index in [-0.39, 0.29) is 17.0 Å². The molecule has 3 aromatic rings. The van der Waals surface area contributed by atoms with Gasteiger partial charge in [-0.2, -0.15) is 5.10 Å². The molecule has 152 valence electrons. The second kappa shape index (κ2) is 9.37. The van der Waals surface area contributed by atoms with Crippen LogP contribution in [-0.2, 0) is 0 Å². The van der Waals surface area contributed by atoms with Crippen LogP contribution in [0, 0.1) is 5.82 Å². The summed E-state index contributed by atoms with van der Waals surface area (Å²) in [4.78, 5) is 28.6. The third kappa shape index (κ3) is 5.02. The largest absolute Gasteiger partial charge is 0.491 e. The number of carbonyl (C=O) groups excluding carboxylic acids is 2. The number of ether oxygens (including phenoxy) is 1. The van der Waals surface area contributed by atoms with Gasteiger partial charge in [-0.25, -0.2) is 23.0 Å². The number of hydrogen-bond acceptors (Lipinski definition) is 6. The zero-order valence-electron chi connectivity index (χ0n) is 15.7. The van der Waals surface area contributed by atoms with E-state index in [1.807, 2.05) is 0 Å². The van der Waals surface area contributed by atoms with Gasteiger partial charge in [0, 0.05) is 24.5 Å². The van der Waals surface area contributed by atoms with Gasteiger partial charge in [-0.1, -0.05) is 32.6 Å². The first kappa shape index (κ1) is 20.6. The van der Waals surface area contributed by atoms with E-state index in [0.717, 1.165) is 29.6 Å². The lowest BCUT2D eigenvalue weighted by molar-refractivity contribution is 0.0965. The van der Waals surface area contributed by atoms with Crippen LogP contribution in [0.15, 0.2) is 42.9 Å². The number of rotatable bonds is 7. The maximum Gasteiger partial charge on any atom is 0.338 e. The first-order valence-electron chi connectivity index (χ1n) is 9.05. The monoisotopic (exact) mass is 417 g/mol. The van der Waals surface area contributed by atoms with Gasteiger partial charge in [0.25, 0.3) is 5.91 Å². The zero-order valence-corrected chi connectivity index (χ0v) is 16.6. The van der Waals surface area contributed by atoms with Gasteiger partial charge in [-0.15, -0.1) is 0 Å². The first-order valence-corrected chi connectivity index (χ1v) is 9.45. The molecule has 0 atom stereocenters. The second-order valence-corrected chi connectivity index (χ2v) is 6.62. The summed E-state index contributed by atoms with van der Waals surface area (Å²) in [6, 6.07) is 4.85. The van der Waals surface area contributed by atoms with Gasteiger partial charge in [0.15, 0.2) is 17.2 Å². The summed E-state index contributed by atoms with van der Waals surface area (Å²) < 4.78 is 21.9. The first-order chi connectivity index (χ1) is 14.0. The van der Waals surface area contributed by atoms with Crippen LogP contribution >= 0.6 is 12.8 Å². The zero-order chi connectivity index (χ0) is 20.8. The van der Waals surface area contributed by atoms with Gasteiger partial charge in [0.1, 0.15) is 0 Å². The Hall–Kier alpha value is -3.14. The maximum atomic E-state index is 14.2. The summed E-state index contributed by atoms with van der Waals surface area (Å²) >= 11 is 4.06. The number of urea groups is 1. The van der Waals surface area contributed by atoms with Crippen molar-refractivity contribution in [2.45, 2.75) is 26.2 Å². The van der Waals surface area contributed by atoms with Crippen LogP contribution in [0.5, 0.6) is 5.75 Å². The SMILES string of the molecule is CCCCCOc1ccc(N(S)C(=O)NC(=O)c2cnc3ccnn3c2)cc1F. The van der Waals surface area contributed by atoms with Gasteiger partial charge in [-0.05, 0) is 18.6 Å². The molecule has 3 amide bonds. The fraction of sp³-hybridized carbons (Fsp3) is 0.263. The van der Waals surface area contributed by atoms with Crippen LogP contribution in [0.25, 0.3) is 5.65 Å². The Bertz CT molecular complexity index is 1030. The summed E-state index contributed by atoms with van der Waals surface area (Å²) in [6.45, 7) is 2.48. The van der Waals surface area contributed by atoms with Crippen LogP contribution in [0.4, 0.5) is 14.9 Å².